The first-order valence-corrected chi connectivity index (χ1v) is 6.03. The molecule has 2 nitrogen and oxygen atoms in total. The maximum absolute atomic E-state index is 13.3. The van der Waals surface area contributed by atoms with Gasteiger partial charge >= 0.3 is 0 Å². The van der Waals surface area contributed by atoms with Crippen LogP contribution in [0, 0.1) is 11.6 Å². The molecule has 1 aromatic carbocycles. The molecule has 0 saturated carbocycles. The summed E-state index contributed by atoms with van der Waals surface area (Å²) in [5.41, 5.74) is 1.48. The number of rotatable bonds is 5. The highest BCUT2D eigenvalue weighted by molar-refractivity contribution is 5.29. The van der Waals surface area contributed by atoms with Crippen molar-refractivity contribution >= 4 is 0 Å². The fraction of sp³-hybridized carbons (Fsp3) is 0.286. The van der Waals surface area contributed by atoms with Crippen molar-refractivity contribution in [1.29, 1.82) is 0 Å². The topological polar surface area (TPSA) is 27.8 Å². The fourth-order valence-electron chi connectivity index (χ4n) is 1.96. The van der Waals surface area contributed by atoms with E-state index in [9.17, 15) is 8.78 Å². The van der Waals surface area contributed by atoms with Gasteiger partial charge in [0.25, 0.3) is 0 Å². The molecule has 0 aliphatic carbocycles. The van der Waals surface area contributed by atoms with E-state index in [0.29, 0.717) is 5.56 Å². The number of H-pyrrole nitrogens is 1. The Kier molecular flexibility index (Phi) is 4.10. The Morgan fingerprint density at radius 2 is 1.94 bits per heavy atom. The summed E-state index contributed by atoms with van der Waals surface area (Å²) in [6.07, 6.45) is 2.75. The van der Waals surface area contributed by atoms with Crippen LogP contribution in [-0.2, 0) is 0 Å². The molecule has 2 aromatic rings. The van der Waals surface area contributed by atoms with Crippen molar-refractivity contribution in [2.24, 2.45) is 0 Å². The lowest BCUT2D eigenvalue weighted by molar-refractivity contribution is 0.554. The first-order chi connectivity index (χ1) is 8.70. The number of aromatic nitrogens is 1. The Hall–Kier alpha value is -1.68. The molecular weight excluding hydrogens is 234 g/mol. The highest BCUT2D eigenvalue weighted by Gasteiger charge is 2.15. The molecule has 1 aromatic heterocycles. The number of benzene rings is 1. The first-order valence-electron chi connectivity index (χ1n) is 6.03. The minimum Gasteiger partial charge on any atom is -0.363 e. The van der Waals surface area contributed by atoms with E-state index in [4.69, 9.17) is 0 Å². The van der Waals surface area contributed by atoms with Gasteiger partial charge in [-0.25, -0.2) is 8.78 Å². The summed E-state index contributed by atoms with van der Waals surface area (Å²) in [5.74, 6) is -1.11. The second kappa shape index (κ2) is 5.78. The predicted octanol–water partition coefficient (Wildman–Crippen LogP) is 3.38. The molecule has 0 bridgehead atoms. The largest absolute Gasteiger partial charge is 0.363 e. The molecule has 1 unspecified atom stereocenters. The molecule has 4 heteroatoms. The van der Waals surface area contributed by atoms with Crippen molar-refractivity contribution in [2.45, 2.75) is 19.4 Å². The molecule has 96 valence electrons. The van der Waals surface area contributed by atoms with Gasteiger partial charge in [-0.3, -0.25) is 0 Å². The van der Waals surface area contributed by atoms with Crippen LogP contribution in [0.4, 0.5) is 8.78 Å². The second-order valence-corrected chi connectivity index (χ2v) is 4.22. The molecule has 0 radical (unpaired) electrons. The van der Waals surface area contributed by atoms with E-state index in [1.165, 1.54) is 12.1 Å². The van der Waals surface area contributed by atoms with E-state index < -0.39 is 11.6 Å². The van der Waals surface area contributed by atoms with Gasteiger partial charge in [0, 0.05) is 18.0 Å². The Balaban J connectivity index is 2.33. The average Bonchev–Trinajstić information content (AvgIpc) is 2.82. The van der Waals surface area contributed by atoms with Crippen LogP contribution in [0.5, 0.6) is 0 Å². The quantitative estimate of drug-likeness (QED) is 0.836. The Morgan fingerprint density at radius 1 is 1.22 bits per heavy atom. The van der Waals surface area contributed by atoms with E-state index in [1.807, 2.05) is 19.1 Å². The monoisotopic (exact) mass is 250 g/mol. The van der Waals surface area contributed by atoms with E-state index in [-0.39, 0.29) is 6.04 Å². The third-order valence-electron chi connectivity index (χ3n) is 2.75. The number of nitrogens with one attached hydrogen (secondary N) is 2. The summed E-state index contributed by atoms with van der Waals surface area (Å²) >= 11 is 0. The molecule has 0 aliphatic heterocycles. The Bertz CT molecular complexity index is 474. The normalized spacial score (nSPS) is 12.6. The zero-order valence-corrected chi connectivity index (χ0v) is 10.2. The molecule has 0 spiro atoms. The van der Waals surface area contributed by atoms with Crippen LogP contribution >= 0.6 is 0 Å². The van der Waals surface area contributed by atoms with Crippen LogP contribution in [0.15, 0.2) is 36.5 Å². The Labute approximate surface area is 105 Å². The summed E-state index contributed by atoms with van der Waals surface area (Å²) < 4.78 is 26.5. The highest BCUT2D eigenvalue weighted by atomic mass is 19.1. The maximum atomic E-state index is 13.3. The summed E-state index contributed by atoms with van der Waals surface area (Å²) in [4.78, 5) is 3.08. The number of hydrogen-bond donors (Lipinski definition) is 2. The van der Waals surface area contributed by atoms with E-state index >= 15 is 0 Å². The number of halogens is 2. The smallest absolute Gasteiger partial charge is 0.126 e. The van der Waals surface area contributed by atoms with Crippen LogP contribution in [0.25, 0.3) is 0 Å². The van der Waals surface area contributed by atoms with Crippen LogP contribution in [0.2, 0.25) is 0 Å². The average molecular weight is 250 g/mol. The highest BCUT2D eigenvalue weighted by Crippen LogP contribution is 2.22. The molecule has 0 fully saturated rings. The van der Waals surface area contributed by atoms with Crippen molar-refractivity contribution in [1.82, 2.24) is 10.3 Å². The lowest BCUT2D eigenvalue weighted by Crippen LogP contribution is -2.23. The molecule has 0 saturated heterocycles. The summed E-state index contributed by atoms with van der Waals surface area (Å²) in [6.45, 7) is 2.83. The van der Waals surface area contributed by atoms with Crippen LogP contribution < -0.4 is 5.32 Å². The molecule has 18 heavy (non-hydrogen) atoms. The number of aromatic amines is 1. The van der Waals surface area contributed by atoms with E-state index in [1.54, 1.807) is 6.20 Å². The van der Waals surface area contributed by atoms with Gasteiger partial charge in [-0.1, -0.05) is 6.92 Å². The number of hydrogen-bond acceptors (Lipinski definition) is 1. The van der Waals surface area contributed by atoms with Gasteiger partial charge in [0.2, 0.25) is 0 Å². The minimum absolute atomic E-state index is 0.217. The predicted molar refractivity (Wildman–Crippen MR) is 67.3 cm³/mol. The zero-order chi connectivity index (χ0) is 13.0. The van der Waals surface area contributed by atoms with Gasteiger partial charge in [-0.2, -0.15) is 0 Å². The third kappa shape index (κ3) is 2.96. The molecule has 0 aliphatic rings. The van der Waals surface area contributed by atoms with Gasteiger partial charge in [0.05, 0.1) is 6.04 Å². The third-order valence-corrected chi connectivity index (χ3v) is 2.75. The molecule has 2 rings (SSSR count). The summed E-state index contributed by atoms with van der Waals surface area (Å²) in [7, 11) is 0. The molecule has 0 amide bonds. The van der Waals surface area contributed by atoms with Crippen LogP contribution in [0.1, 0.15) is 30.6 Å². The van der Waals surface area contributed by atoms with Gasteiger partial charge in [-0.05, 0) is 42.8 Å². The summed E-state index contributed by atoms with van der Waals surface area (Å²) in [5, 5.41) is 3.28. The van der Waals surface area contributed by atoms with Gasteiger partial charge in [0.1, 0.15) is 11.6 Å². The van der Waals surface area contributed by atoms with Crippen LogP contribution in [0.3, 0.4) is 0 Å². The lowest BCUT2D eigenvalue weighted by atomic mass is 10.0. The van der Waals surface area contributed by atoms with Gasteiger partial charge in [-0.15, -0.1) is 0 Å². The SMILES string of the molecule is CCCNC(c1cc(F)cc(F)c1)c1ccc[nH]1. The van der Waals surface area contributed by atoms with Crippen LogP contribution in [-0.4, -0.2) is 11.5 Å². The van der Waals surface area contributed by atoms with Gasteiger partial charge in [0.15, 0.2) is 0 Å². The van der Waals surface area contributed by atoms with E-state index in [0.717, 1.165) is 24.7 Å². The summed E-state index contributed by atoms with van der Waals surface area (Å²) in [6, 6.07) is 7.15. The van der Waals surface area contributed by atoms with Crippen molar-refractivity contribution < 1.29 is 8.78 Å². The molecule has 1 heterocycles. The van der Waals surface area contributed by atoms with Crippen molar-refractivity contribution in [3.05, 3.63) is 59.4 Å². The molecular formula is C14H16F2N2. The maximum Gasteiger partial charge on any atom is 0.126 e. The first kappa shape index (κ1) is 12.8. The van der Waals surface area contributed by atoms with Crippen molar-refractivity contribution in [2.75, 3.05) is 6.54 Å². The molecule has 1 atom stereocenters. The Morgan fingerprint density at radius 3 is 2.50 bits per heavy atom. The second-order valence-electron chi connectivity index (χ2n) is 4.22. The lowest BCUT2D eigenvalue weighted by Gasteiger charge is -2.18. The van der Waals surface area contributed by atoms with Crippen molar-refractivity contribution in [3.8, 4) is 0 Å². The van der Waals surface area contributed by atoms with Crippen molar-refractivity contribution in [3.63, 3.8) is 0 Å². The van der Waals surface area contributed by atoms with E-state index in [2.05, 4.69) is 10.3 Å². The van der Waals surface area contributed by atoms with Gasteiger partial charge < -0.3 is 10.3 Å². The fourth-order valence-corrected chi connectivity index (χ4v) is 1.96. The standard InChI is InChI=1S/C14H16F2N2/c1-2-5-18-14(13-4-3-6-17-13)10-7-11(15)9-12(16)8-10/h3-4,6-9,14,17-18H,2,5H2,1H3. The molecule has 2 N–H and O–H groups in total. The minimum atomic E-state index is -0.556. The zero-order valence-electron chi connectivity index (χ0n) is 10.2.